The SMILES string of the molecule is CC(C)C(=O)N1CCCC(c2nc(-c3cccnc3)ncc2-c2ccncc2)C1. The lowest BCUT2D eigenvalue weighted by Crippen LogP contribution is -2.41. The molecule has 4 heterocycles. The number of aromatic nitrogens is 4. The highest BCUT2D eigenvalue weighted by Gasteiger charge is 2.29. The maximum absolute atomic E-state index is 12.6. The van der Waals surface area contributed by atoms with Crippen LogP contribution in [-0.4, -0.2) is 43.8 Å². The molecule has 1 aliphatic rings. The van der Waals surface area contributed by atoms with Crippen LogP contribution in [0.2, 0.25) is 0 Å². The number of hydrogen-bond donors (Lipinski definition) is 0. The highest BCUT2D eigenvalue weighted by Crippen LogP contribution is 2.34. The Bertz CT molecular complexity index is 975. The first-order valence-corrected chi connectivity index (χ1v) is 10.1. The predicted molar refractivity (Wildman–Crippen MR) is 112 cm³/mol. The lowest BCUT2D eigenvalue weighted by atomic mass is 9.89. The molecule has 0 aliphatic carbocycles. The summed E-state index contributed by atoms with van der Waals surface area (Å²) < 4.78 is 0. The molecule has 6 nitrogen and oxygen atoms in total. The number of amides is 1. The Labute approximate surface area is 171 Å². The maximum Gasteiger partial charge on any atom is 0.225 e. The summed E-state index contributed by atoms with van der Waals surface area (Å²) in [5.41, 5.74) is 3.93. The quantitative estimate of drug-likeness (QED) is 0.677. The molecule has 0 spiro atoms. The molecular weight excluding hydrogens is 362 g/mol. The van der Waals surface area contributed by atoms with Crippen molar-refractivity contribution in [1.29, 1.82) is 0 Å². The first-order valence-electron chi connectivity index (χ1n) is 10.1. The summed E-state index contributed by atoms with van der Waals surface area (Å²) >= 11 is 0. The molecule has 1 saturated heterocycles. The van der Waals surface area contributed by atoms with Gasteiger partial charge in [0.25, 0.3) is 0 Å². The largest absolute Gasteiger partial charge is 0.342 e. The first kappa shape index (κ1) is 19.2. The van der Waals surface area contributed by atoms with E-state index >= 15 is 0 Å². The molecule has 1 atom stereocenters. The van der Waals surface area contributed by atoms with E-state index in [9.17, 15) is 4.79 Å². The average Bonchev–Trinajstić information content (AvgIpc) is 2.79. The van der Waals surface area contributed by atoms with Gasteiger partial charge in [0.05, 0.1) is 5.69 Å². The number of likely N-dealkylation sites (tertiary alicyclic amines) is 1. The third-order valence-corrected chi connectivity index (χ3v) is 5.34. The van der Waals surface area contributed by atoms with Gasteiger partial charge >= 0.3 is 0 Å². The predicted octanol–water partition coefficient (Wildman–Crippen LogP) is 3.96. The van der Waals surface area contributed by atoms with Gasteiger partial charge in [-0.2, -0.15) is 0 Å². The summed E-state index contributed by atoms with van der Waals surface area (Å²) in [6, 6.07) is 7.81. The minimum Gasteiger partial charge on any atom is -0.342 e. The Hall–Kier alpha value is -3.15. The van der Waals surface area contributed by atoms with E-state index in [1.165, 1.54) is 0 Å². The fourth-order valence-corrected chi connectivity index (χ4v) is 3.86. The van der Waals surface area contributed by atoms with Crippen molar-refractivity contribution in [2.45, 2.75) is 32.6 Å². The molecule has 148 valence electrons. The Morgan fingerprint density at radius 2 is 1.90 bits per heavy atom. The Kier molecular flexibility index (Phi) is 5.60. The summed E-state index contributed by atoms with van der Waals surface area (Å²) in [4.78, 5) is 32.5. The van der Waals surface area contributed by atoms with Crippen LogP contribution in [0.3, 0.4) is 0 Å². The van der Waals surface area contributed by atoms with Crippen LogP contribution in [-0.2, 0) is 4.79 Å². The normalized spacial score (nSPS) is 16.8. The fraction of sp³-hybridized carbons (Fsp3) is 0.348. The van der Waals surface area contributed by atoms with Crippen molar-refractivity contribution in [2.24, 2.45) is 5.92 Å². The molecule has 6 heteroatoms. The van der Waals surface area contributed by atoms with E-state index in [4.69, 9.17) is 4.98 Å². The zero-order chi connectivity index (χ0) is 20.2. The summed E-state index contributed by atoms with van der Waals surface area (Å²) in [7, 11) is 0. The molecule has 1 amide bonds. The summed E-state index contributed by atoms with van der Waals surface area (Å²) in [6.45, 7) is 5.43. The van der Waals surface area contributed by atoms with Gasteiger partial charge in [0, 0.05) is 67.0 Å². The summed E-state index contributed by atoms with van der Waals surface area (Å²) in [6.07, 6.45) is 11.0. The van der Waals surface area contributed by atoms with Crippen LogP contribution in [0.25, 0.3) is 22.5 Å². The Morgan fingerprint density at radius 3 is 2.62 bits per heavy atom. The van der Waals surface area contributed by atoms with Gasteiger partial charge in [-0.05, 0) is 42.7 Å². The molecule has 3 aromatic heterocycles. The van der Waals surface area contributed by atoms with Crippen LogP contribution in [0.4, 0.5) is 0 Å². The molecule has 0 bridgehead atoms. The monoisotopic (exact) mass is 387 g/mol. The molecule has 1 aliphatic heterocycles. The Balaban J connectivity index is 1.75. The molecule has 4 rings (SSSR count). The van der Waals surface area contributed by atoms with Gasteiger partial charge in [-0.15, -0.1) is 0 Å². The van der Waals surface area contributed by atoms with Crippen LogP contribution in [0.1, 0.15) is 38.3 Å². The van der Waals surface area contributed by atoms with Crippen molar-refractivity contribution < 1.29 is 4.79 Å². The van der Waals surface area contributed by atoms with E-state index in [2.05, 4.69) is 15.0 Å². The molecule has 1 fully saturated rings. The third-order valence-electron chi connectivity index (χ3n) is 5.34. The number of rotatable bonds is 4. The van der Waals surface area contributed by atoms with Gasteiger partial charge in [-0.1, -0.05) is 13.8 Å². The van der Waals surface area contributed by atoms with Crippen molar-refractivity contribution in [3.63, 3.8) is 0 Å². The number of hydrogen-bond acceptors (Lipinski definition) is 5. The molecule has 0 saturated carbocycles. The molecule has 0 N–H and O–H groups in total. The van der Waals surface area contributed by atoms with Gasteiger partial charge in [-0.3, -0.25) is 14.8 Å². The zero-order valence-electron chi connectivity index (χ0n) is 16.8. The highest BCUT2D eigenvalue weighted by molar-refractivity contribution is 5.78. The average molecular weight is 387 g/mol. The van der Waals surface area contributed by atoms with Crippen LogP contribution in [0, 0.1) is 5.92 Å². The first-order chi connectivity index (χ1) is 14.1. The van der Waals surface area contributed by atoms with Gasteiger partial charge in [0.2, 0.25) is 5.91 Å². The standard InChI is InChI=1S/C23H25N5O/c1-16(2)23(29)28-12-4-6-19(15-28)21-20(17-7-10-24-11-8-17)14-26-22(27-21)18-5-3-9-25-13-18/h3,5,7-11,13-14,16,19H,4,6,12,15H2,1-2H3. The van der Waals surface area contributed by atoms with Crippen LogP contribution in [0.5, 0.6) is 0 Å². The van der Waals surface area contributed by atoms with Gasteiger partial charge in [0.1, 0.15) is 0 Å². The summed E-state index contributed by atoms with van der Waals surface area (Å²) in [5, 5.41) is 0. The second-order valence-corrected chi connectivity index (χ2v) is 7.75. The van der Waals surface area contributed by atoms with Crippen molar-refractivity contribution in [2.75, 3.05) is 13.1 Å². The van der Waals surface area contributed by atoms with Crippen molar-refractivity contribution >= 4 is 5.91 Å². The van der Waals surface area contributed by atoms with E-state index in [1.54, 1.807) is 24.8 Å². The lowest BCUT2D eigenvalue weighted by Gasteiger charge is -2.34. The maximum atomic E-state index is 12.6. The molecule has 1 unspecified atom stereocenters. The van der Waals surface area contributed by atoms with Gasteiger partial charge in [-0.25, -0.2) is 9.97 Å². The van der Waals surface area contributed by atoms with Crippen LogP contribution in [0.15, 0.2) is 55.2 Å². The summed E-state index contributed by atoms with van der Waals surface area (Å²) in [5.74, 6) is 1.05. The van der Waals surface area contributed by atoms with Crippen LogP contribution < -0.4 is 0 Å². The van der Waals surface area contributed by atoms with Crippen molar-refractivity contribution in [3.05, 3.63) is 60.9 Å². The van der Waals surface area contributed by atoms with E-state index in [0.717, 1.165) is 41.8 Å². The Morgan fingerprint density at radius 1 is 1.07 bits per heavy atom. The minimum absolute atomic E-state index is 0.00442. The van der Waals surface area contributed by atoms with Crippen LogP contribution >= 0.6 is 0 Å². The van der Waals surface area contributed by atoms with E-state index in [-0.39, 0.29) is 17.7 Å². The second-order valence-electron chi connectivity index (χ2n) is 7.75. The number of pyridine rings is 2. The second kappa shape index (κ2) is 8.47. The lowest BCUT2D eigenvalue weighted by molar-refractivity contribution is -0.135. The number of carbonyl (C=O) groups is 1. The highest BCUT2D eigenvalue weighted by atomic mass is 16.2. The van der Waals surface area contributed by atoms with Gasteiger partial charge in [0.15, 0.2) is 5.82 Å². The van der Waals surface area contributed by atoms with Crippen molar-refractivity contribution in [1.82, 2.24) is 24.8 Å². The molecular formula is C23H25N5O. The molecule has 0 radical (unpaired) electrons. The molecule has 0 aromatic carbocycles. The minimum atomic E-state index is 0.00442. The van der Waals surface area contributed by atoms with Crippen molar-refractivity contribution in [3.8, 4) is 22.5 Å². The molecule has 29 heavy (non-hydrogen) atoms. The number of carbonyl (C=O) groups excluding carboxylic acids is 1. The number of nitrogens with zero attached hydrogens (tertiary/aromatic N) is 5. The van der Waals surface area contributed by atoms with E-state index in [1.807, 2.05) is 49.2 Å². The van der Waals surface area contributed by atoms with E-state index in [0.29, 0.717) is 12.4 Å². The third kappa shape index (κ3) is 4.16. The molecule has 3 aromatic rings. The number of piperidine rings is 1. The topological polar surface area (TPSA) is 71.9 Å². The smallest absolute Gasteiger partial charge is 0.225 e. The van der Waals surface area contributed by atoms with E-state index < -0.39 is 0 Å². The fourth-order valence-electron chi connectivity index (χ4n) is 3.86. The zero-order valence-corrected chi connectivity index (χ0v) is 16.8. The van der Waals surface area contributed by atoms with Gasteiger partial charge < -0.3 is 4.90 Å².